The Morgan fingerprint density at radius 2 is 1.68 bits per heavy atom. The van der Waals surface area contributed by atoms with Crippen LogP contribution in [0.1, 0.15) is 76.0 Å². The fourth-order valence-electron chi connectivity index (χ4n) is 4.44. The molecule has 0 saturated heterocycles. The van der Waals surface area contributed by atoms with Gasteiger partial charge in [-0.15, -0.1) is 0 Å². The topological polar surface area (TPSA) is 52.6 Å². The second-order valence-electron chi connectivity index (χ2n) is 9.99. The van der Waals surface area contributed by atoms with E-state index < -0.39 is 5.41 Å². The van der Waals surface area contributed by atoms with Crippen LogP contribution < -0.4 is 4.74 Å². The molecule has 2 aromatic rings. The van der Waals surface area contributed by atoms with Crippen LogP contribution in [-0.4, -0.2) is 25.8 Å². The van der Waals surface area contributed by atoms with Crippen LogP contribution in [0, 0.1) is 6.92 Å². The Bertz CT molecular complexity index is 1140. The molecule has 0 amide bonds. The molecule has 0 aliphatic rings. The Hall–Kier alpha value is -3.40. The van der Waals surface area contributed by atoms with Gasteiger partial charge in [-0.1, -0.05) is 63.2 Å². The molecular formula is C33H42O4. The molecule has 0 spiro atoms. The Balaban J connectivity index is 2.47. The van der Waals surface area contributed by atoms with Crippen molar-refractivity contribution >= 4 is 17.6 Å². The quantitative estimate of drug-likeness (QED) is 0.141. The van der Waals surface area contributed by atoms with Crippen molar-refractivity contribution in [1.29, 1.82) is 0 Å². The molecule has 2 aromatic carbocycles. The third-order valence-corrected chi connectivity index (χ3v) is 6.91. The summed E-state index contributed by atoms with van der Waals surface area (Å²) in [5.74, 6) is 0.902. The first-order valence-electron chi connectivity index (χ1n) is 13.0. The van der Waals surface area contributed by atoms with Crippen molar-refractivity contribution in [2.75, 3.05) is 14.2 Å². The molecule has 4 nitrogen and oxygen atoms in total. The molecule has 0 aliphatic heterocycles. The molecule has 1 atom stereocenters. The highest BCUT2D eigenvalue weighted by Gasteiger charge is 2.32. The molecule has 198 valence electrons. The van der Waals surface area contributed by atoms with Crippen LogP contribution in [0.4, 0.5) is 0 Å². The standard InChI is InChI=1S/C33H42O4/c1-8-9-14-31(34)27(21-26-13-11-10-12-25(26)4)19-20-33(5,28-15-17-29(37-7)18-16-28)22-32(35)30(23-36-6)24(2)3/h10-13,15-18,21,23H,2,8-9,14,19-20,22H2,1,3-7H3. The van der Waals surface area contributed by atoms with Crippen molar-refractivity contribution in [3.8, 4) is 5.75 Å². The van der Waals surface area contributed by atoms with Crippen LogP contribution in [0.25, 0.3) is 6.08 Å². The maximum Gasteiger partial charge on any atom is 0.167 e. The lowest BCUT2D eigenvalue weighted by molar-refractivity contribution is -0.116. The molecule has 0 fully saturated rings. The Morgan fingerprint density at radius 3 is 2.24 bits per heavy atom. The van der Waals surface area contributed by atoms with E-state index in [1.54, 1.807) is 7.11 Å². The van der Waals surface area contributed by atoms with Gasteiger partial charge in [-0.05, 0) is 79.2 Å². The first-order valence-corrected chi connectivity index (χ1v) is 13.0. The third kappa shape index (κ3) is 8.59. The molecule has 0 radical (unpaired) electrons. The van der Waals surface area contributed by atoms with Crippen molar-refractivity contribution < 1.29 is 19.1 Å². The van der Waals surface area contributed by atoms with Crippen molar-refractivity contribution in [3.05, 3.63) is 94.8 Å². The predicted molar refractivity (Wildman–Crippen MR) is 153 cm³/mol. The van der Waals surface area contributed by atoms with E-state index in [1.165, 1.54) is 13.4 Å². The van der Waals surface area contributed by atoms with Crippen molar-refractivity contribution in [2.24, 2.45) is 0 Å². The van der Waals surface area contributed by atoms with Gasteiger partial charge in [0, 0.05) is 18.3 Å². The number of methoxy groups -OCH3 is 2. The molecule has 2 rings (SSSR count). The van der Waals surface area contributed by atoms with E-state index in [0.29, 0.717) is 30.4 Å². The van der Waals surface area contributed by atoms with E-state index in [9.17, 15) is 9.59 Å². The summed E-state index contributed by atoms with van der Waals surface area (Å²) in [4.78, 5) is 26.7. The largest absolute Gasteiger partial charge is 0.504 e. The van der Waals surface area contributed by atoms with Crippen LogP contribution in [0.5, 0.6) is 5.75 Å². The van der Waals surface area contributed by atoms with Crippen LogP contribution in [0.2, 0.25) is 0 Å². The Labute approximate surface area is 223 Å². The summed E-state index contributed by atoms with van der Waals surface area (Å²) in [6, 6.07) is 16.0. The van der Waals surface area contributed by atoms with Gasteiger partial charge in [0.15, 0.2) is 11.6 Å². The number of unbranched alkanes of at least 4 members (excludes halogenated alkanes) is 1. The number of carbonyl (C=O) groups is 2. The van der Waals surface area contributed by atoms with Crippen LogP contribution in [0.3, 0.4) is 0 Å². The first-order chi connectivity index (χ1) is 17.6. The number of hydrogen-bond acceptors (Lipinski definition) is 4. The second-order valence-corrected chi connectivity index (χ2v) is 9.99. The number of ether oxygens (including phenoxy) is 2. The smallest absolute Gasteiger partial charge is 0.167 e. The zero-order valence-electron chi connectivity index (χ0n) is 23.4. The number of benzene rings is 2. The van der Waals surface area contributed by atoms with E-state index in [0.717, 1.165) is 40.9 Å². The van der Waals surface area contributed by atoms with Gasteiger partial charge in [0.25, 0.3) is 0 Å². The van der Waals surface area contributed by atoms with Gasteiger partial charge < -0.3 is 9.47 Å². The van der Waals surface area contributed by atoms with Gasteiger partial charge in [0.05, 0.1) is 26.1 Å². The maximum atomic E-state index is 13.4. The van der Waals surface area contributed by atoms with E-state index >= 15 is 0 Å². The monoisotopic (exact) mass is 502 g/mol. The molecule has 0 heterocycles. The summed E-state index contributed by atoms with van der Waals surface area (Å²) in [7, 11) is 3.17. The number of aryl methyl sites for hydroxylation is 1. The zero-order valence-corrected chi connectivity index (χ0v) is 23.4. The van der Waals surface area contributed by atoms with Crippen LogP contribution >= 0.6 is 0 Å². The lowest BCUT2D eigenvalue weighted by atomic mass is 9.72. The van der Waals surface area contributed by atoms with Crippen LogP contribution in [0.15, 0.2) is 78.1 Å². The number of Topliss-reactive ketones (excluding diaryl/α,β-unsaturated/α-hetero) is 2. The SMILES string of the molecule is C=C(C)C(=COC)C(=O)CC(C)(CCC(=Cc1ccccc1C)C(=O)CCCC)c1ccc(OC)cc1. The van der Waals surface area contributed by atoms with Gasteiger partial charge in [0.1, 0.15) is 5.75 Å². The molecular weight excluding hydrogens is 460 g/mol. The highest BCUT2D eigenvalue weighted by atomic mass is 16.5. The predicted octanol–water partition coefficient (Wildman–Crippen LogP) is 7.95. The van der Waals surface area contributed by atoms with Gasteiger partial charge in [-0.2, -0.15) is 0 Å². The molecule has 0 N–H and O–H groups in total. The number of ketones is 2. The fraction of sp³-hybridized carbons (Fsp3) is 0.394. The normalized spacial score (nSPS) is 13.6. The van der Waals surface area contributed by atoms with Crippen molar-refractivity contribution in [1.82, 2.24) is 0 Å². The molecule has 0 bridgehead atoms. The highest BCUT2D eigenvalue weighted by Crippen LogP contribution is 2.37. The average Bonchev–Trinajstić information content (AvgIpc) is 2.88. The van der Waals surface area contributed by atoms with E-state index in [2.05, 4.69) is 33.4 Å². The number of rotatable bonds is 15. The molecule has 0 saturated carbocycles. The minimum atomic E-state index is -0.512. The molecule has 0 aliphatic carbocycles. The molecule has 37 heavy (non-hydrogen) atoms. The molecule has 0 aromatic heterocycles. The Kier molecular flexibility index (Phi) is 11.6. The lowest BCUT2D eigenvalue weighted by Gasteiger charge is -2.31. The van der Waals surface area contributed by atoms with Gasteiger partial charge in [0.2, 0.25) is 0 Å². The van der Waals surface area contributed by atoms with Crippen LogP contribution in [-0.2, 0) is 19.7 Å². The number of allylic oxidation sites excluding steroid dienone is 3. The fourth-order valence-corrected chi connectivity index (χ4v) is 4.44. The first kappa shape index (κ1) is 29.8. The van der Waals surface area contributed by atoms with E-state index in [1.807, 2.05) is 55.5 Å². The maximum absolute atomic E-state index is 13.4. The lowest BCUT2D eigenvalue weighted by Crippen LogP contribution is -2.27. The highest BCUT2D eigenvalue weighted by molar-refractivity contribution is 6.00. The Morgan fingerprint density at radius 1 is 1.00 bits per heavy atom. The van der Waals surface area contributed by atoms with Gasteiger partial charge >= 0.3 is 0 Å². The summed E-state index contributed by atoms with van der Waals surface area (Å²) in [6.07, 6.45) is 7.34. The minimum absolute atomic E-state index is 0.0330. The van der Waals surface area contributed by atoms with E-state index in [4.69, 9.17) is 9.47 Å². The summed E-state index contributed by atoms with van der Waals surface area (Å²) in [5.41, 5.74) is 4.65. The second kappa shape index (κ2) is 14.4. The van der Waals surface area contributed by atoms with Crippen molar-refractivity contribution in [2.45, 2.75) is 71.6 Å². The third-order valence-electron chi connectivity index (χ3n) is 6.91. The minimum Gasteiger partial charge on any atom is -0.504 e. The van der Waals surface area contributed by atoms with Gasteiger partial charge in [-0.3, -0.25) is 9.59 Å². The molecule has 1 unspecified atom stereocenters. The average molecular weight is 503 g/mol. The molecule has 4 heteroatoms. The van der Waals surface area contributed by atoms with Gasteiger partial charge in [-0.25, -0.2) is 0 Å². The number of hydrogen-bond donors (Lipinski definition) is 0. The summed E-state index contributed by atoms with van der Waals surface area (Å²) in [5, 5.41) is 0. The number of carbonyl (C=O) groups excluding carboxylic acids is 2. The van der Waals surface area contributed by atoms with E-state index in [-0.39, 0.29) is 18.0 Å². The zero-order chi connectivity index (χ0) is 27.4. The summed E-state index contributed by atoms with van der Waals surface area (Å²) < 4.78 is 10.5. The van der Waals surface area contributed by atoms with Crippen molar-refractivity contribution in [3.63, 3.8) is 0 Å². The summed E-state index contributed by atoms with van der Waals surface area (Å²) >= 11 is 0. The summed E-state index contributed by atoms with van der Waals surface area (Å²) in [6.45, 7) is 12.0.